The molecule has 2 unspecified atom stereocenters. The number of ether oxygens (including phenoxy) is 2. The number of nitrogens with two attached hydrogens (primary N) is 1. The third-order valence-corrected chi connectivity index (χ3v) is 3.15. The van der Waals surface area contributed by atoms with Crippen LogP contribution in [-0.2, 0) is 0 Å². The summed E-state index contributed by atoms with van der Waals surface area (Å²) in [4.78, 5) is 10.6. The maximum absolute atomic E-state index is 11.1. The maximum atomic E-state index is 11.1. The molecule has 1 fully saturated rings. The van der Waals surface area contributed by atoms with E-state index in [4.69, 9.17) is 15.2 Å². The molecular formula is C12H16N2O4. The summed E-state index contributed by atoms with van der Waals surface area (Å²) in [6.45, 7) is 0. The van der Waals surface area contributed by atoms with Crippen molar-refractivity contribution >= 4 is 5.69 Å². The minimum atomic E-state index is -0.491. The van der Waals surface area contributed by atoms with Crippen LogP contribution in [0.4, 0.5) is 5.69 Å². The SMILES string of the molecule is COc1cccc(OC2CCCC2N)c1[N+](=O)[O-]. The highest BCUT2D eigenvalue weighted by Crippen LogP contribution is 2.38. The van der Waals surface area contributed by atoms with Crippen LogP contribution in [0.5, 0.6) is 11.5 Å². The van der Waals surface area contributed by atoms with Crippen molar-refractivity contribution in [3.05, 3.63) is 28.3 Å². The van der Waals surface area contributed by atoms with Crippen LogP contribution in [-0.4, -0.2) is 24.2 Å². The molecule has 2 rings (SSSR count). The van der Waals surface area contributed by atoms with Gasteiger partial charge in [-0.25, -0.2) is 0 Å². The molecule has 0 amide bonds. The average molecular weight is 252 g/mol. The second-order valence-corrected chi connectivity index (χ2v) is 4.32. The lowest BCUT2D eigenvalue weighted by Gasteiger charge is -2.18. The first-order valence-corrected chi connectivity index (χ1v) is 5.87. The van der Waals surface area contributed by atoms with Gasteiger partial charge in [0, 0.05) is 6.04 Å². The molecule has 0 radical (unpaired) electrons. The van der Waals surface area contributed by atoms with Gasteiger partial charge in [0.05, 0.1) is 12.0 Å². The number of benzene rings is 1. The zero-order valence-electron chi connectivity index (χ0n) is 10.2. The molecule has 98 valence electrons. The third-order valence-electron chi connectivity index (χ3n) is 3.15. The van der Waals surface area contributed by atoms with Gasteiger partial charge in [-0.15, -0.1) is 0 Å². The lowest BCUT2D eigenvalue weighted by Crippen LogP contribution is -2.33. The molecule has 6 heteroatoms. The molecule has 1 aliphatic carbocycles. The molecule has 1 saturated carbocycles. The lowest BCUT2D eigenvalue weighted by molar-refractivity contribution is -0.387. The van der Waals surface area contributed by atoms with Gasteiger partial charge in [-0.3, -0.25) is 10.1 Å². The standard InChI is InChI=1S/C12H16N2O4/c1-17-10-6-3-7-11(12(10)14(15)16)18-9-5-2-4-8(9)13/h3,6-9H,2,4-5,13H2,1H3. The fourth-order valence-electron chi connectivity index (χ4n) is 2.21. The summed E-state index contributed by atoms with van der Waals surface area (Å²) in [5.74, 6) is 0.422. The number of hydrogen-bond acceptors (Lipinski definition) is 5. The summed E-state index contributed by atoms with van der Waals surface area (Å²) in [6.07, 6.45) is 2.55. The van der Waals surface area contributed by atoms with Crippen molar-refractivity contribution in [2.45, 2.75) is 31.4 Å². The number of nitro benzene ring substituents is 1. The maximum Gasteiger partial charge on any atom is 0.352 e. The third kappa shape index (κ3) is 2.38. The van der Waals surface area contributed by atoms with E-state index in [2.05, 4.69) is 0 Å². The number of nitrogens with zero attached hydrogens (tertiary/aromatic N) is 1. The average Bonchev–Trinajstić information content (AvgIpc) is 2.74. The van der Waals surface area contributed by atoms with E-state index in [9.17, 15) is 10.1 Å². The van der Waals surface area contributed by atoms with Crippen LogP contribution in [0.3, 0.4) is 0 Å². The Morgan fingerprint density at radius 1 is 1.39 bits per heavy atom. The minimum Gasteiger partial charge on any atom is -0.490 e. The van der Waals surface area contributed by atoms with E-state index in [1.807, 2.05) is 0 Å². The predicted octanol–water partition coefficient (Wildman–Crippen LogP) is 1.86. The Balaban J connectivity index is 2.29. The normalized spacial score (nSPS) is 22.8. The number of nitro groups is 1. The fraction of sp³-hybridized carbons (Fsp3) is 0.500. The molecule has 0 bridgehead atoms. The Hall–Kier alpha value is -1.82. The van der Waals surface area contributed by atoms with Gasteiger partial charge in [-0.2, -0.15) is 0 Å². The molecule has 0 saturated heterocycles. The van der Waals surface area contributed by atoms with E-state index in [0.717, 1.165) is 19.3 Å². The molecule has 6 nitrogen and oxygen atoms in total. The fourth-order valence-corrected chi connectivity index (χ4v) is 2.21. The molecule has 0 aromatic heterocycles. The van der Waals surface area contributed by atoms with Crippen LogP contribution >= 0.6 is 0 Å². The van der Waals surface area contributed by atoms with Gasteiger partial charge in [0.2, 0.25) is 11.5 Å². The first-order chi connectivity index (χ1) is 8.63. The first-order valence-electron chi connectivity index (χ1n) is 5.87. The molecule has 1 aromatic rings. The van der Waals surface area contributed by atoms with Crippen molar-refractivity contribution in [3.8, 4) is 11.5 Å². The highest BCUT2D eigenvalue weighted by molar-refractivity contribution is 5.57. The minimum absolute atomic E-state index is 0.0594. The smallest absolute Gasteiger partial charge is 0.352 e. The zero-order valence-corrected chi connectivity index (χ0v) is 10.2. The summed E-state index contributed by atoms with van der Waals surface area (Å²) < 4.78 is 10.7. The summed E-state index contributed by atoms with van der Waals surface area (Å²) in [5.41, 5.74) is 5.76. The van der Waals surface area contributed by atoms with E-state index in [1.54, 1.807) is 18.2 Å². The van der Waals surface area contributed by atoms with Gasteiger partial charge in [0.15, 0.2) is 0 Å². The first kappa shape index (κ1) is 12.6. The van der Waals surface area contributed by atoms with Gasteiger partial charge in [-0.05, 0) is 31.4 Å². The van der Waals surface area contributed by atoms with Gasteiger partial charge in [-0.1, -0.05) is 6.07 Å². The van der Waals surface area contributed by atoms with Crippen LogP contribution in [0.15, 0.2) is 18.2 Å². The Bertz CT molecular complexity index is 450. The predicted molar refractivity (Wildman–Crippen MR) is 65.9 cm³/mol. The second-order valence-electron chi connectivity index (χ2n) is 4.32. The quantitative estimate of drug-likeness (QED) is 0.652. The summed E-state index contributed by atoms with van der Waals surface area (Å²) >= 11 is 0. The Morgan fingerprint density at radius 2 is 2.11 bits per heavy atom. The van der Waals surface area contributed by atoms with Crippen molar-refractivity contribution in [2.75, 3.05) is 7.11 Å². The Morgan fingerprint density at radius 3 is 2.67 bits per heavy atom. The van der Waals surface area contributed by atoms with Gasteiger partial charge in [0.25, 0.3) is 0 Å². The molecule has 1 aromatic carbocycles. The van der Waals surface area contributed by atoms with Crippen molar-refractivity contribution < 1.29 is 14.4 Å². The molecule has 2 atom stereocenters. The number of hydrogen-bond donors (Lipinski definition) is 1. The van der Waals surface area contributed by atoms with Crippen LogP contribution in [0.1, 0.15) is 19.3 Å². The monoisotopic (exact) mass is 252 g/mol. The molecule has 0 aliphatic heterocycles. The molecular weight excluding hydrogens is 236 g/mol. The number of methoxy groups -OCH3 is 1. The van der Waals surface area contributed by atoms with Crippen LogP contribution in [0, 0.1) is 10.1 Å². The molecule has 2 N–H and O–H groups in total. The van der Waals surface area contributed by atoms with E-state index < -0.39 is 4.92 Å². The van der Waals surface area contributed by atoms with E-state index in [-0.39, 0.29) is 29.3 Å². The molecule has 0 heterocycles. The highest BCUT2D eigenvalue weighted by atomic mass is 16.6. The molecule has 18 heavy (non-hydrogen) atoms. The molecule has 1 aliphatic rings. The Kier molecular flexibility index (Phi) is 3.66. The molecule has 0 spiro atoms. The summed E-state index contributed by atoms with van der Waals surface area (Å²) in [6, 6.07) is 4.73. The number of rotatable bonds is 4. The Labute approximate surface area is 105 Å². The van der Waals surface area contributed by atoms with Gasteiger partial charge in [0.1, 0.15) is 6.10 Å². The van der Waals surface area contributed by atoms with Crippen LogP contribution < -0.4 is 15.2 Å². The summed E-state index contributed by atoms with van der Waals surface area (Å²) in [5, 5.41) is 11.1. The van der Waals surface area contributed by atoms with E-state index in [1.165, 1.54) is 7.11 Å². The highest BCUT2D eigenvalue weighted by Gasteiger charge is 2.29. The van der Waals surface area contributed by atoms with Gasteiger partial charge < -0.3 is 15.2 Å². The number of para-hydroxylation sites is 1. The van der Waals surface area contributed by atoms with Crippen molar-refractivity contribution in [1.29, 1.82) is 0 Å². The van der Waals surface area contributed by atoms with Crippen LogP contribution in [0.25, 0.3) is 0 Å². The van der Waals surface area contributed by atoms with Crippen molar-refractivity contribution in [1.82, 2.24) is 0 Å². The van der Waals surface area contributed by atoms with E-state index in [0.29, 0.717) is 0 Å². The van der Waals surface area contributed by atoms with Crippen molar-refractivity contribution in [3.63, 3.8) is 0 Å². The van der Waals surface area contributed by atoms with E-state index >= 15 is 0 Å². The van der Waals surface area contributed by atoms with Gasteiger partial charge >= 0.3 is 5.69 Å². The second kappa shape index (κ2) is 5.22. The van der Waals surface area contributed by atoms with Crippen molar-refractivity contribution in [2.24, 2.45) is 5.73 Å². The van der Waals surface area contributed by atoms with Crippen LogP contribution in [0.2, 0.25) is 0 Å². The summed E-state index contributed by atoms with van der Waals surface area (Å²) in [7, 11) is 1.40. The zero-order chi connectivity index (χ0) is 13.1. The topological polar surface area (TPSA) is 87.6 Å². The lowest BCUT2D eigenvalue weighted by atomic mass is 10.2. The largest absolute Gasteiger partial charge is 0.490 e.